The lowest BCUT2D eigenvalue weighted by Crippen LogP contribution is -2.01. The van der Waals surface area contributed by atoms with Crippen molar-refractivity contribution in [1.29, 1.82) is 0 Å². The van der Waals surface area contributed by atoms with Gasteiger partial charge in [-0.3, -0.25) is 0 Å². The van der Waals surface area contributed by atoms with Crippen LogP contribution in [0.25, 0.3) is 6.08 Å². The lowest BCUT2D eigenvalue weighted by Gasteiger charge is -2.15. The van der Waals surface area contributed by atoms with E-state index in [0.29, 0.717) is 5.92 Å². The van der Waals surface area contributed by atoms with Crippen molar-refractivity contribution in [2.24, 2.45) is 0 Å². The molecule has 0 fully saturated rings. The van der Waals surface area contributed by atoms with Crippen molar-refractivity contribution < 1.29 is 0 Å². The van der Waals surface area contributed by atoms with Gasteiger partial charge in [0.25, 0.3) is 0 Å². The zero-order chi connectivity index (χ0) is 14.1. The Hall–Kier alpha value is -1.82. The second kappa shape index (κ2) is 5.28. The lowest BCUT2D eigenvalue weighted by atomic mass is 9.89. The minimum Gasteiger partial charge on any atom is -0.0655 e. The van der Waals surface area contributed by atoms with Gasteiger partial charge in [0.15, 0.2) is 0 Å². The largest absolute Gasteiger partial charge is 0.0655 e. The van der Waals surface area contributed by atoms with Crippen LogP contribution < -0.4 is 0 Å². The summed E-state index contributed by atoms with van der Waals surface area (Å²) >= 11 is 0. The predicted molar refractivity (Wildman–Crippen MR) is 87.1 cm³/mol. The average Bonchev–Trinajstić information content (AvgIpc) is 2.77. The van der Waals surface area contributed by atoms with Gasteiger partial charge in [-0.05, 0) is 54.5 Å². The van der Waals surface area contributed by atoms with Gasteiger partial charge in [0.2, 0.25) is 0 Å². The van der Waals surface area contributed by atoms with Crippen molar-refractivity contribution in [2.45, 2.75) is 39.5 Å². The average molecular weight is 262 g/mol. The summed E-state index contributed by atoms with van der Waals surface area (Å²) in [5.74, 6) is 0.579. The van der Waals surface area contributed by atoms with Crippen molar-refractivity contribution in [3.8, 4) is 0 Å². The summed E-state index contributed by atoms with van der Waals surface area (Å²) < 4.78 is 0. The molecule has 0 N–H and O–H groups in total. The zero-order valence-corrected chi connectivity index (χ0v) is 12.6. The van der Waals surface area contributed by atoms with Crippen LogP contribution in [0.2, 0.25) is 0 Å². The lowest BCUT2D eigenvalue weighted by molar-refractivity contribution is 0.866. The summed E-state index contributed by atoms with van der Waals surface area (Å²) in [7, 11) is 0. The highest BCUT2D eigenvalue weighted by molar-refractivity contribution is 5.70. The number of hydrogen-bond acceptors (Lipinski definition) is 0. The molecule has 0 aromatic heterocycles. The van der Waals surface area contributed by atoms with Crippen LogP contribution in [0, 0.1) is 6.92 Å². The highest BCUT2D eigenvalue weighted by Crippen LogP contribution is 2.39. The summed E-state index contributed by atoms with van der Waals surface area (Å²) in [6.45, 7) is 6.82. The molecule has 0 saturated carbocycles. The molecule has 1 aliphatic carbocycles. The Morgan fingerprint density at radius 2 is 1.65 bits per heavy atom. The van der Waals surface area contributed by atoms with Crippen LogP contribution >= 0.6 is 0 Å². The quantitative estimate of drug-likeness (QED) is 0.704. The molecule has 1 aliphatic rings. The van der Waals surface area contributed by atoms with Crippen LogP contribution in [0.3, 0.4) is 0 Å². The van der Waals surface area contributed by atoms with E-state index in [-0.39, 0.29) is 0 Å². The maximum absolute atomic E-state index is 2.38. The van der Waals surface area contributed by atoms with E-state index >= 15 is 0 Å². The number of allylic oxidation sites excluding steroid dienone is 1. The van der Waals surface area contributed by atoms with E-state index in [1.165, 1.54) is 27.8 Å². The number of rotatable bonds is 3. The Morgan fingerprint density at radius 1 is 0.900 bits per heavy atom. The van der Waals surface area contributed by atoms with Gasteiger partial charge in [0, 0.05) is 5.92 Å². The van der Waals surface area contributed by atoms with Crippen LogP contribution in [0.4, 0.5) is 0 Å². The molecule has 2 aromatic carbocycles. The van der Waals surface area contributed by atoms with Gasteiger partial charge >= 0.3 is 0 Å². The van der Waals surface area contributed by atoms with Crippen LogP contribution in [-0.2, 0) is 12.8 Å². The fourth-order valence-electron chi connectivity index (χ4n) is 3.22. The Labute approximate surface area is 122 Å². The van der Waals surface area contributed by atoms with E-state index in [9.17, 15) is 0 Å². The summed E-state index contributed by atoms with van der Waals surface area (Å²) in [5, 5.41) is 0. The Bertz CT molecular complexity index is 647. The van der Waals surface area contributed by atoms with Crippen LogP contribution in [-0.4, -0.2) is 0 Å². The van der Waals surface area contributed by atoms with E-state index in [0.717, 1.165) is 12.8 Å². The molecule has 0 radical (unpaired) electrons. The van der Waals surface area contributed by atoms with Gasteiger partial charge in [0.1, 0.15) is 0 Å². The van der Waals surface area contributed by atoms with E-state index in [2.05, 4.69) is 69.3 Å². The van der Waals surface area contributed by atoms with Crippen molar-refractivity contribution in [3.63, 3.8) is 0 Å². The van der Waals surface area contributed by atoms with Gasteiger partial charge in [-0.15, -0.1) is 0 Å². The summed E-state index contributed by atoms with van der Waals surface area (Å²) in [4.78, 5) is 0. The second-order valence-electron chi connectivity index (χ2n) is 5.96. The standard InChI is InChI=1S/C20H22/c1-14-9-11-18(12-10-17-7-5-4-6-8-17)20-16(3)15(2)13-19(14)20/h4-9,11,13,16H,10,12H2,1-3H3. The third-order valence-electron chi connectivity index (χ3n) is 4.61. The highest BCUT2D eigenvalue weighted by Gasteiger charge is 2.22. The molecule has 1 atom stereocenters. The number of aryl methyl sites for hydroxylation is 3. The Balaban J connectivity index is 1.88. The van der Waals surface area contributed by atoms with Crippen LogP contribution in [0.15, 0.2) is 48.0 Å². The molecule has 0 heteroatoms. The molecule has 3 rings (SSSR count). The first-order valence-electron chi connectivity index (χ1n) is 7.51. The minimum absolute atomic E-state index is 0.579. The third-order valence-corrected chi connectivity index (χ3v) is 4.61. The topological polar surface area (TPSA) is 0 Å². The van der Waals surface area contributed by atoms with Crippen molar-refractivity contribution in [1.82, 2.24) is 0 Å². The first-order valence-corrected chi connectivity index (χ1v) is 7.51. The van der Waals surface area contributed by atoms with E-state index < -0.39 is 0 Å². The molecule has 0 amide bonds. The first-order chi connectivity index (χ1) is 9.66. The molecule has 0 saturated heterocycles. The fourth-order valence-corrected chi connectivity index (χ4v) is 3.22. The molecule has 0 nitrogen and oxygen atoms in total. The highest BCUT2D eigenvalue weighted by atomic mass is 14.3. The molecule has 0 spiro atoms. The predicted octanol–water partition coefficient (Wildman–Crippen LogP) is 5.30. The van der Waals surface area contributed by atoms with Crippen molar-refractivity contribution in [3.05, 3.63) is 75.9 Å². The maximum atomic E-state index is 2.38. The molecule has 2 aromatic rings. The molecule has 102 valence electrons. The molecule has 0 aliphatic heterocycles. The smallest absolute Gasteiger partial charge is 0.00291 e. The zero-order valence-electron chi connectivity index (χ0n) is 12.6. The number of benzene rings is 2. The van der Waals surface area contributed by atoms with Gasteiger partial charge < -0.3 is 0 Å². The maximum Gasteiger partial charge on any atom is 0.00291 e. The number of hydrogen-bond donors (Lipinski definition) is 0. The molecule has 0 heterocycles. The monoisotopic (exact) mass is 262 g/mol. The van der Waals surface area contributed by atoms with Crippen molar-refractivity contribution >= 4 is 6.08 Å². The van der Waals surface area contributed by atoms with Crippen LogP contribution in [0.1, 0.15) is 47.6 Å². The normalized spacial score (nSPS) is 16.9. The fraction of sp³-hybridized carbons (Fsp3) is 0.300. The second-order valence-corrected chi connectivity index (χ2v) is 5.96. The first kappa shape index (κ1) is 13.2. The van der Waals surface area contributed by atoms with Crippen molar-refractivity contribution in [2.75, 3.05) is 0 Å². The van der Waals surface area contributed by atoms with Gasteiger partial charge in [-0.1, -0.05) is 61.0 Å². The third kappa shape index (κ3) is 2.31. The molecule has 20 heavy (non-hydrogen) atoms. The SMILES string of the molecule is CC1=Cc2c(C)ccc(CCc3ccccc3)c2C1C. The van der Waals surface area contributed by atoms with E-state index in [4.69, 9.17) is 0 Å². The van der Waals surface area contributed by atoms with Gasteiger partial charge in [-0.25, -0.2) is 0 Å². The summed E-state index contributed by atoms with van der Waals surface area (Å²) in [6.07, 6.45) is 4.64. The van der Waals surface area contributed by atoms with E-state index in [1.54, 1.807) is 5.56 Å². The Kier molecular flexibility index (Phi) is 3.48. The van der Waals surface area contributed by atoms with Gasteiger partial charge in [0.05, 0.1) is 0 Å². The molecule has 0 bridgehead atoms. The molecular weight excluding hydrogens is 240 g/mol. The molecular formula is C20H22. The van der Waals surface area contributed by atoms with Crippen LogP contribution in [0.5, 0.6) is 0 Å². The summed E-state index contributed by atoms with van der Waals surface area (Å²) in [6, 6.07) is 15.4. The summed E-state index contributed by atoms with van der Waals surface area (Å²) in [5.41, 5.74) is 8.90. The Morgan fingerprint density at radius 3 is 2.40 bits per heavy atom. The van der Waals surface area contributed by atoms with Gasteiger partial charge in [-0.2, -0.15) is 0 Å². The number of fused-ring (bicyclic) bond motifs is 1. The molecule has 1 unspecified atom stereocenters. The minimum atomic E-state index is 0.579. The van der Waals surface area contributed by atoms with E-state index in [1.807, 2.05) is 0 Å².